The third kappa shape index (κ3) is 6.42. The van der Waals surface area contributed by atoms with Crippen LogP contribution in [0.1, 0.15) is 15.2 Å². The number of carbonyl (C=O) groups excluding carboxylic acids is 1. The van der Waals surface area contributed by atoms with Crippen molar-refractivity contribution in [1.29, 1.82) is 0 Å². The Kier molecular flexibility index (Phi) is 8.25. The molecule has 2 aromatic carbocycles. The average Bonchev–Trinajstić information content (AvgIpc) is 3.20. The minimum absolute atomic E-state index is 0.157. The highest BCUT2D eigenvalue weighted by Crippen LogP contribution is 2.36. The number of carbonyl (C=O) groups is 1. The molecule has 0 aliphatic rings. The Hall–Kier alpha value is -2.67. The highest BCUT2D eigenvalue weighted by atomic mass is 32.1. The van der Waals surface area contributed by atoms with Crippen molar-refractivity contribution in [1.82, 2.24) is 5.32 Å². The molecule has 29 heavy (non-hydrogen) atoms. The van der Waals surface area contributed by atoms with E-state index in [-0.39, 0.29) is 5.91 Å². The second kappa shape index (κ2) is 11.4. The lowest BCUT2D eigenvalue weighted by Gasteiger charge is -2.08. The van der Waals surface area contributed by atoms with Crippen molar-refractivity contribution in [2.24, 2.45) is 0 Å². The van der Waals surface area contributed by atoms with E-state index in [9.17, 15) is 4.79 Å². The molecule has 152 valence electrons. The molecule has 0 saturated carbocycles. The summed E-state index contributed by atoms with van der Waals surface area (Å²) >= 11 is 1.43. The van der Waals surface area contributed by atoms with Crippen LogP contribution in [0.3, 0.4) is 0 Å². The van der Waals surface area contributed by atoms with Gasteiger partial charge in [0.25, 0.3) is 5.91 Å². The fourth-order valence-electron chi connectivity index (χ4n) is 2.68. The number of ether oxygens (including phenoxy) is 3. The summed E-state index contributed by atoms with van der Waals surface area (Å²) in [7, 11) is 1.63. The van der Waals surface area contributed by atoms with Crippen molar-refractivity contribution < 1.29 is 19.0 Å². The van der Waals surface area contributed by atoms with E-state index in [1.165, 1.54) is 11.3 Å². The van der Waals surface area contributed by atoms with E-state index in [1.807, 2.05) is 66.7 Å². The van der Waals surface area contributed by atoms with Crippen LogP contribution < -0.4 is 10.1 Å². The number of hydrogen-bond acceptors (Lipinski definition) is 5. The Labute approximate surface area is 175 Å². The molecule has 0 aliphatic heterocycles. The fraction of sp³-hybridized carbons (Fsp3) is 0.261. The SMILES string of the molecule is COCCOCCNC(=O)c1sc(-c2ccccc2)cc1OCc1ccccc1. The first-order chi connectivity index (χ1) is 14.3. The average molecular weight is 412 g/mol. The molecular weight excluding hydrogens is 386 g/mol. The molecule has 0 bridgehead atoms. The Morgan fingerprint density at radius 2 is 1.69 bits per heavy atom. The van der Waals surface area contributed by atoms with Crippen LogP contribution in [0.2, 0.25) is 0 Å². The zero-order valence-electron chi connectivity index (χ0n) is 16.4. The lowest BCUT2D eigenvalue weighted by Crippen LogP contribution is -2.27. The molecule has 0 fully saturated rings. The van der Waals surface area contributed by atoms with Gasteiger partial charge < -0.3 is 19.5 Å². The third-order valence-electron chi connectivity index (χ3n) is 4.16. The summed E-state index contributed by atoms with van der Waals surface area (Å²) in [5, 5.41) is 2.90. The van der Waals surface area contributed by atoms with Crippen molar-refractivity contribution in [2.75, 3.05) is 33.5 Å². The number of methoxy groups -OCH3 is 1. The summed E-state index contributed by atoms with van der Waals surface area (Å²) in [6.45, 7) is 2.32. The monoisotopic (exact) mass is 411 g/mol. The molecule has 0 aliphatic carbocycles. The molecule has 0 spiro atoms. The lowest BCUT2D eigenvalue weighted by atomic mass is 10.2. The summed E-state index contributed by atoms with van der Waals surface area (Å²) in [5.74, 6) is 0.436. The fourth-order valence-corrected chi connectivity index (χ4v) is 3.70. The zero-order valence-corrected chi connectivity index (χ0v) is 17.2. The Morgan fingerprint density at radius 1 is 0.966 bits per heavy atom. The minimum atomic E-state index is -0.157. The Balaban J connectivity index is 1.69. The molecule has 3 aromatic rings. The first-order valence-corrected chi connectivity index (χ1v) is 10.3. The van der Waals surface area contributed by atoms with E-state index in [0.29, 0.717) is 43.6 Å². The molecule has 0 radical (unpaired) electrons. The number of hydrogen-bond donors (Lipinski definition) is 1. The van der Waals surface area contributed by atoms with Gasteiger partial charge in [-0.2, -0.15) is 0 Å². The standard InChI is InChI=1S/C23H25NO4S/c1-26-14-15-27-13-12-24-23(25)22-20(28-17-18-8-4-2-5-9-18)16-21(29-22)19-10-6-3-7-11-19/h2-11,16H,12-15,17H2,1H3,(H,24,25). The van der Waals surface area contributed by atoms with Crippen molar-refractivity contribution in [3.63, 3.8) is 0 Å². The maximum Gasteiger partial charge on any atom is 0.265 e. The largest absolute Gasteiger partial charge is 0.487 e. The molecule has 1 N–H and O–H groups in total. The van der Waals surface area contributed by atoms with Gasteiger partial charge >= 0.3 is 0 Å². The van der Waals surface area contributed by atoms with E-state index in [2.05, 4.69) is 5.32 Å². The number of rotatable bonds is 11. The molecule has 0 atom stereocenters. The van der Waals surface area contributed by atoms with Gasteiger partial charge in [0.15, 0.2) is 0 Å². The molecule has 0 unspecified atom stereocenters. The Bertz CT molecular complexity index is 880. The van der Waals surface area contributed by atoms with Gasteiger partial charge in [0.2, 0.25) is 0 Å². The first kappa shape index (κ1) is 21.0. The highest BCUT2D eigenvalue weighted by Gasteiger charge is 2.18. The highest BCUT2D eigenvalue weighted by molar-refractivity contribution is 7.17. The van der Waals surface area contributed by atoms with Gasteiger partial charge in [0, 0.05) is 18.5 Å². The summed E-state index contributed by atoms with van der Waals surface area (Å²) < 4.78 is 16.3. The molecule has 0 saturated heterocycles. The van der Waals surface area contributed by atoms with E-state index in [1.54, 1.807) is 7.11 Å². The van der Waals surface area contributed by atoms with Crippen molar-refractivity contribution >= 4 is 17.2 Å². The van der Waals surface area contributed by atoms with Crippen LogP contribution in [0.15, 0.2) is 66.7 Å². The van der Waals surface area contributed by atoms with E-state index < -0.39 is 0 Å². The van der Waals surface area contributed by atoms with Gasteiger partial charge in [-0.15, -0.1) is 11.3 Å². The maximum atomic E-state index is 12.7. The maximum absolute atomic E-state index is 12.7. The van der Waals surface area contributed by atoms with Crippen molar-refractivity contribution in [2.45, 2.75) is 6.61 Å². The predicted octanol–water partition coefficient (Wildman–Crippen LogP) is 4.39. The van der Waals surface area contributed by atoms with E-state index >= 15 is 0 Å². The molecule has 6 heteroatoms. The summed E-state index contributed by atoms with van der Waals surface area (Å²) in [6.07, 6.45) is 0. The second-order valence-corrected chi connectivity index (χ2v) is 7.36. The predicted molar refractivity (Wildman–Crippen MR) is 116 cm³/mol. The molecule has 5 nitrogen and oxygen atoms in total. The first-order valence-electron chi connectivity index (χ1n) is 9.49. The summed E-state index contributed by atoms with van der Waals surface area (Å²) in [4.78, 5) is 14.3. The van der Waals surface area contributed by atoms with Gasteiger partial charge in [0.1, 0.15) is 17.2 Å². The molecular formula is C23H25NO4S. The molecule has 1 heterocycles. The molecule has 1 amide bonds. The number of benzene rings is 2. The second-order valence-electron chi connectivity index (χ2n) is 6.31. The minimum Gasteiger partial charge on any atom is -0.487 e. The van der Waals surface area contributed by atoms with Gasteiger partial charge in [-0.3, -0.25) is 4.79 Å². The van der Waals surface area contributed by atoms with Crippen molar-refractivity contribution in [3.8, 4) is 16.2 Å². The normalized spacial score (nSPS) is 10.7. The quantitative estimate of drug-likeness (QED) is 0.476. The van der Waals surface area contributed by atoms with Gasteiger partial charge in [-0.25, -0.2) is 0 Å². The van der Waals surface area contributed by atoms with Crippen molar-refractivity contribution in [3.05, 3.63) is 77.2 Å². The van der Waals surface area contributed by atoms with Crippen LogP contribution in [0.4, 0.5) is 0 Å². The van der Waals surface area contributed by atoms with Crippen LogP contribution in [0.5, 0.6) is 5.75 Å². The van der Waals surface area contributed by atoms with E-state index in [4.69, 9.17) is 14.2 Å². The number of amides is 1. The number of thiophene rings is 1. The summed E-state index contributed by atoms with van der Waals surface area (Å²) in [5.41, 5.74) is 2.11. The van der Waals surface area contributed by atoms with Crippen LogP contribution in [-0.4, -0.2) is 39.4 Å². The van der Waals surface area contributed by atoms with Gasteiger partial charge in [-0.05, 0) is 17.2 Å². The van der Waals surface area contributed by atoms with Gasteiger partial charge in [0.05, 0.1) is 19.8 Å². The smallest absolute Gasteiger partial charge is 0.265 e. The van der Waals surface area contributed by atoms with E-state index in [0.717, 1.165) is 16.0 Å². The van der Waals surface area contributed by atoms with Gasteiger partial charge in [-0.1, -0.05) is 60.7 Å². The zero-order chi connectivity index (χ0) is 20.3. The van der Waals surface area contributed by atoms with Crippen LogP contribution in [0, 0.1) is 0 Å². The number of nitrogens with one attached hydrogen (secondary N) is 1. The molecule has 1 aromatic heterocycles. The van der Waals surface area contributed by atoms with Crippen LogP contribution in [0.25, 0.3) is 10.4 Å². The Morgan fingerprint density at radius 3 is 2.41 bits per heavy atom. The van der Waals surface area contributed by atoms with Crippen LogP contribution >= 0.6 is 11.3 Å². The molecule has 3 rings (SSSR count). The lowest BCUT2D eigenvalue weighted by molar-refractivity contribution is 0.0693. The van der Waals surface area contributed by atoms with Crippen LogP contribution in [-0.2, 0) is 16.1 Å². The third-order valence-corrected chi connectivity index (χ3v) is 5.33. The summed E-state index contributed by atoms with van der Waals surface area (Å²) in [6, 6.07) is 21.8. The topological polar surface area (TPSA) is 56.8 Å².